The highest BCUT2D eigenvalue weighted by molar-refractivity contribution is 5.74. The molecule has 1 fully saturated rings. The number of aryl methyl sites for hydroxylation is 1. The van der Waals surface area contributed by atoms with Crippen LogP contribution in [0.1, 0.15) is 23.7 Å². The standard InChI is InChI=1S/C22H29N3O2/c1-24(2)20-12-10-18(11-13-20)7-6-14-23-22(26)25-15-16-27-21(17-25)19-8-4-3-5-9-19/h3-5,8-13,21H,6-7,14-17H2,1-2H3,(H,23,26). The number of carbonyl (C=O) groups is 1. The lowest BCUT2D eigenvalue weighted by Crippen LogP contribution is -2.47. The molecule has 0 aromatic heterocycles. The van der Waals surface area contributed by atoms with E-state index in [9.17, 15) is 4.79 Å². The van der Waals surface area contributed by atoms with E-state index < -0.39 is 0 Å². The molecule has 5 nitrogen and oxygen atoms in total. The molecule has 2 aromatic carbocycles. The van der Waals surface area contributed by atoms with Crippen molar-refractivity contribution in [1.29, 1.82) is 0 Å². The van der Waals surface area contributed by atoms with Gasteiger partial charge < -0.3 is 19.9 Å². The van der Waals surface area contributed by atoms with Gasteiger partial charge in [0.1, 0.15) is 6.10 Å². The number of ether oxygens (including phenoxy) is 1. The lowest BCUT2D eigenvalue weighted by atomic mass is 10.1. The van der Waals surface area contributed by atoms with Crippen LogP contribution in [0.15, 0.2) is 54.6 Å². The van der Waals surface area contributed by atoms with E-state index in [0.29, 0.717) is 26.2 Å². The summed E-state index contributed by atoms with van der Waals surface area (Å²) in [5, 5.41) is 3.05. The first kappa shape index (κ1) is 19.2. The Balaban J connectivity index is 1.41. The summed E-state index contributed by atoms with van der Waals surface area (Å²) in [6, 6.07) is 18.7. The molecular formula is C22H29N3O2. The zero-order valence-corrected chi connectivity index (χ0v) is 16.2. The third-order valence-electron chi connectivity index (χ3n) is 4.90. The quantitative estimate of drug-likeness (QED) is 0.795. The molecule has 27 heavy (non-hydrogen) atoms. The fourth-order valence-electron chi connectivity index (χ4n) is 3.26. The number of urea groups is 1. The molecule has 0 saturated carbocycles. The Labute approximate surface area is 161 Å². The monoisotopic (exact) mass is 367 g/mol. The Bertz CT molecular complexity index is 716. The van der Waals surface area contributed by atoms with Gasteiger partial charge in [-0.1, -0.05) is 42.5 Å². The van der Waals surface area contributed by atoms with Crippen LogP contribution in [0.4, 0.5) is 10.5 Å². The fourth-order valence-corrected chi connectivity index (χ4v) is 3.26. The number of hydrogen-bond donors (Lipinski definition) is 1. The first-order valence-corrected chi connectivity index (χ1v) is 9.59. The van der Waals surface area contributed by atoms with Gasteiger partial charge in [-0.15, -0.1) is 0 Å². The van der Waals surface area contributed by atoms with E-state index in [1.165, 1.54) is 11.3 Å². The van der Waals surface area contributed by atoms with E-state index in [1.807, 2.05) is 49.3 Å². The van der Waals surface area contributed by atoms with E-state index in [0.717, 1.165) is 18.4 Å². The molecule has 5 heteroatoms. The third-order valence-corrected chi connectivity index (χ3v) is 4.90. The molecule has 1 unspecified atom stereocenters. The molecule has 1 N–H and O–H groups in total. The van der Waals surface area contributed by atoms with E-state index >= 15 is 0 Å². The number of amides is 2. The van der Waals surface area contributed by atoms with Gasteiger partial charge in [0.05, 0.1) is 13.2 Å². The second-order valence-corrected chi connectivity index (χ2v) is 7.11. The van der Waals surface area contributed by atoms with Crippen LogP contribution in [-0.2, 0) is 11.2 Å². The van der Waals surface area contributed by atoms with Crippen molar-refractivity contribution in [1.82, 2.24) is 10.2 Å². The molecule has 1 aliphatic rings. The highest BCUT2D eigenvalue weighted by atomic mass is 16.5. The van der Waals surface area contributed by atoms with Gasteiger partial charge in [0.15, 0.2) is 0 Å². The van der Waals surface area contributed by atoms with Gasteiger partial charge in [-0.2, -0.15) is 0 Å². The maximum atomic E-state index is 12.5. The highest BCUT2D eigenvalue weighted by Crippen LogP contribution is 2.21. The Morgan fingerprint density at radius 2 is 1.89 bits per heavy atom. The lowest BCUT2D eigenvalue weighted by Gasteiger charge is -2.33. The van der Waals surface area contributed by atoms with Gasteiger partial charge in [-0.25, -0.2) is 4.79 Å². The second-order valence-electron chi connectivity index (χ2n) is 7.11. The number of rotatable bonds is 6. The van der Waals surface area contributed by atoms with E-state index in [2.05, 4.69) is 34.5 Å². The maximum Gasteiger partial charge on any atom is 0.317 e. The van der Waals surface area contributed by atoms with Crippen LogP contribution in [0.3, 0.4) is 0 Å². The van der Waals surface area contributed by atoms with Crippen molar-refractivity contribution in [2.24, 2.45) is 0 Å². The van der Waals surface area contributed by atoms with Gasteiger partial charge in [0.25, 0.3) is 0 Å². The number of morpholine rings is 1. The number of nitrogens with one attached hydrogen (secondary N) is 1. The zero-order valence-electron chi connectivity index (χ0n) is 16.2. The van der Waals surface area contributed by atoms with Crippen LogP contribution in [0.25, 0.3) is 0 Å². The molecule has 2 aromatic rings. The van der Waals surface area contributed by atoms with Gasteiger partial charge in [-0.05, 0) is 36.1 Å². The number of carbonyl (C=O) groups excluding carboxylic acids is 1. The second kappa shape index (κ2) is 9.42. The molecule has 1 atom stereocenters. The first-order valence-electron chi connectivity index (χ1n) is 9.59. The largest absolute Gasteiger partial charge is 0.378 e. The normalized spacial score (nSPS) is 16.8. The molecular weight excluding hydrogens is 338 g/mol. The number of anilines is 1. The summed E-state index contributed by atoms with van der Waals surface area (Å²) in [6.07, 6.45) is 1.85. The summed E-state index contributed by atoms with van der Waals surface area (Å²) in [7, 11) is 4.08. The number of hydrogen-bond acceptors (Lipinski definition) is 3. The van der Waals surface area contributed by atoms with Crippen molar-refractivity contribution in [3.05, 3.63) is 65.7 Å². The molecule has 1 saturated heterocycles. The Kier molecular flexibility index (Phi) is 6.71. The van der Waals surface area contributed by atoms with Crippen LogP contribution in [0.5, 0.6) is 0 Å². The minimum atomic E-state index is -0.0408. The van der Waals surface area contributed by atoms with Crippen molar-refractivity contribution >= 4 is 11.7 Å². The van der Waals surface area contributed by atoms with Crippen LogP contribution < -0.4 is 10.2 Å². The molecule has 2 amide bonds. The average Bonchev–Trinajstić information content (AvgIpc) is 2.72. The predicted octanol–water partition coefficient (Wildman–Crippen LogP) is 3.47. The Morgan fingerprint density at radius 3 is 2.59 bits per heavy atom. The Morgan fingerprint density at radius 1 is 1.15 bits per heavy atom. The van der Waals surface area contributed by atoms with Crippen LogP contribution in [0.2, 0.25) is 0 Å². The average molecular weight is 367 g/mol. The summed E-state index contributed by atoms with van der Waals surface area (Å²) >= 11 is 0. The third kappa shape index (κ3) is 5.47. The fraction of sp³-hybridized carbons (Fsp3) is 0.409. The van der Waals surface area contributed by atoms with Gasteiger partial charge in [-0.3, -0.25) is 0 Å². The van der Waals surface area contributed by atoms with Gasteiger partial charge >= 0.3 is 6.03 Å². The van der Waals surface area contributed by atoms with Crippen LogP contribution >= 0.6 is 0 Å². The van der Waals surface area contributed by atoms with Crippen LogP contribution in [0, 0.1) is 0 Å². The van der Waals surface area contributed by atoms with Gasteiger partial charge in [0.2, 0.25) is 0 Å². The minimum absolute atomic E-state index is 0.00202. The summed E-state index contributed by atoms with van der Waals surface area (Å²) in [5.41, 5.74) is 3.62. The zero-order chi connectivity index (χ0) is 19.1. The first-order chi connectivity index (χ1) is 13.1. The molecule has 0 spiro atoms. The van der Waals surface area contributed by atoms with Crippen molar-refractivity contribution in [2.45, 2.75) is 18.9 Å². The highest BCUT2D eigenvalue weighted by Gasteiger charge is 2.24. The smallest absolute Gasteiger partial charge is 0.317 e. The number of benzene rings is 2. The van der Waals surface area contributed by atoms with E-state index in [-0.39, 0.29) is 12.1 Å². The lowest BCUT2D eigenvalue weighted by molar-refractivity contribution is -0.0154. The molecule has 1 heterocycles. The molecule has 144 valence electrons. The summed E-state index contributed by atoms with van der Waals surface area (Å²) in [4.78, 5) is 16.4. The number of nitrogens with zero attached hydrogens (tertiary/aromatic N) is 2. The van der Waals surface area contributed by atoms with E-state index in [4.69, 9.17) is 4.74 Å². The Hall–Kier alpha value is -2.53. The van der Waals surface area contributed by atoms with Crippen LogP contribution in [-0.4, -0.2) is 51.3 Å². The van der Waals surface area contributed by atoms with E-state index in [1.54, 1.807) is 0 Å². The summed E-state index contributed by atoms with van der Waals surface area (Å²) < 4.78 is 5.83. The molecule has 1 aliphatic heterocycles. The molecule has 3 rings (SSSR count). The summed E-state index contributed by atoms with van der Waals surface area (Å²) in [6.45, 7) is 2.50. The predicted molar refractivity (Wildman–Crippen MR) is 109 cm³/mol. The van der Waals surface area contributed by atoms with Crippen molar-refractivity contribution in [2.75, 3.05) is 45.2 Å². The van der Waals surface area contributed by atoms with Gasteiger partial charge in [0, 0.05) is 32.9 Å². The van der Waals surface area contributed by atoms with Crippen molar-refractivity contribution in [3.63, 3.8) is 0 Å². The topological polar surface area (TPSA) is 44.8 Å². The minimum Gasteiger partial charge on any atom is -0.378 e. The SMILES string of the molecule is CN(C)c1ccc(CCCNC(=O)N2CCOC(c3ccccc3)C2)cc1. The molecule has 0 aliphatic carbocycles. The summed E-state index contributed by atoms with van der Waals surface area (Å²) in [5.74, 6) is 0. The molecule has 0 radical (unpaired) electrons. The molecule has 0 bridgehead atoms. The van der Waals surface area contributed by atoms with Crippen molar-refractivity contribution in [3.8, 4) is 0 Å². The maximum absolute atomic E-state index is 12.5. The van der Waals surface area contributed by atoms with Crippen molar-refractivity contribution < 1.29 is 9.53 Å².